The Hall–Kier alpha value is -1.30. The van der Waals surface area contributed by atoms with Gasteiger partial charge in [0.2, 0.25) is 0 Å². The van der Waals surface area contributed by atoms with Crippen molar-refractivity contribution < 1.29 is 19.4 Å². The molecule has 0 radical (unpaired) electrons. The minimum Gasteiger partial charge on any atom is -0.480 e. The average molecular weight is 244 g/mol. The second-order valence-corrected chi connectivity index (χ2v) is 5.19. The fourth-order valence-corrected chi connectivity index (χ4v) is 1.46. The van der Waals surface area contributed by atoms with Crippen molar-refractivity contribution in [3.63, 3.8) is 0 Å². The lowest BCUT2D eigenvalue weighted by molar-refractivity contribution is -0.140. The summed E-state index contributed by atoms with van der Waals surface area (Å²) < 4.78 is 5.02. The first-order chi connectivity index (χ1) is 7.78. The van der Waals surface area contributed by atoms with Crippen LogP contribution in [-0.4, -0.2) is 53.3 Å². The number of likely N-dealkylation sites (tertiary alicyclic amines) is 1. The number of amides is 1. The van der Waals surface area contributed by atoms with Crippen LogP contribution in [0.4, 0.5) is 4.79 Å². The molecule has 2 N–H and O–H groups in total. The van der Waals surface area contributed by atoms with Crippen molar-refractivity contribution in [2.45, 2.75) is 38.8 Å². The Morgan fingerprint density at radius 2 is 2.00 bits per heavy atom. The highest BCUT2D eigenvalue weighted by Crippen LogP contribution is 2.09. The second kappa shape index (κ2) is 5.35. The Morgan fingerprint density at radius 3 is 2.35 bits per heavy atom. The van der Waals surface area contributed by atoms with E-state index in [0.717, 1.165) is 19.5 Å². The molecular formula is C11H20N2O4. The summed E-state index contributed by atoms with van der Waals surface area (Å²) in [4.78, 5) is 24.4. The van der Waals surface area contributed by atoms with Crippen LogP contribution in [0.5, 0.6) is 0 Å². The first kappa shape index (κ1) is 13.8. The number of hydrogen-bond acceptors (Lipinski definition) is 4. The van der Waals surface area contributed by atoms with Gasteiger partial charge in [-0.25, -0.2) is 9.59 Å². The number of carbonyl (C=O) groups is 2. The van der Waals surface area contributed by atoms with Gasteiger partial charge < -0.3 is 20.1 Å². The number of carbonyl (C=O) groups excluding carboxylic acids is 1. The summed E-state index contributed by atoms with van der Waals surface area (Å²) in [5.74, 6) is -1.04. The van der Waals surface area contributed by atoms with Crippen LogP contribution in [0.15, 0.2) is 0 Å². The molecular weight excluding hydrogens is 224 g/mol. The van der Waals surface area contributed by atoms with Crippen molar-refractivity contribution in [3.05, 3.63) is 0 Å². The summed E-state index contributed by atoms with van der Waals surface area (Å²) in [6.45, 7) is 7.31. The SMILES string of the molecule is CC(C)(C)OC(=O)NC(CN1CCC1)C(=O)O. The highest BCUT2D eigenvalue weighted by atomic mass is 16.6. The summed E-state index contributed by atoms with van der Waals surface area (Å²) in [5.41, 5.74) is -0.621. The number of hydrogen-bond donors (Lipinski definition) is 2. The Kier molecular flexibility index (Phi) is 4.34. The molecule has 1 unspecified atom stereocenters. The molecule has 1 amide bonds. The lowest BCUT2D eigenvalue weighted by Gasteiger charge is -2.33. The van der Waals surface area contributed by atoms with E-state index in [1.165, 1.54) is 0 Å². The fraction of sp³-hybridized carbons (Fsp3) is 0.818. The third-order valence-electron chi connectivity index (χ3n) is 2.38. The molecule has 0 spiro atoms. The van der Waals surface area contributed by atoms with Crippen LogP contribution < -0.4 is 5.32 Å². The van der Waals surface area contributed by atoms with Gasteiger partial charge in [0.15, 0.2) is 0 Å². The third-order valence-corrected chi connectivity index (χ3v) is 2.38. The molecule has 0 aliphatic carbocycles. The zero-order valence-corrected chi connectivity index (χ0v) is 10.5. The normalized spacial score (nSPS) is 18.1. The van der Waals surface area contributed by atoms with Crippen LogP contribution in [0.2, 0.25) is 0 Å². The first-order valence-electron chi connectivity index (χ1n) is 5.72. The number of nitrogens with zero attached hydrogens (tertiary/aromatic N) is 1. The van der Waals surface area contributed by atoms with Crippen LogP contribution in [0, 0.1) is 0 Å². The van der Waals surface area contributed by atoms with Crippen LogP contribution >= 0.6 is 0 Å². The van der Waals surface area contributed by atoms with E-state index in [-0.39, 0.29) is 0 Å². The van der Waals surface area contributed by atoms with Gasteiger partial charge in [0, 0.05) is 6.54 Å². The van der Waals surface area contributed by atoms with Crippen molar-refractivity contribution in [3.8, 4) is 0 Å². The van der Waals surface area contributed by atoms with E-state index in [1.807, 2.05) is 4.90 Å². The predicted molar refractivity (Wildman–Crippen MR) is 61.9 cm³/mol. The highest BCUT2D eigenvalue weighted by molar-refractivity contribution is 5.80. The Labute approximate surface area is 101 Å². The molecule has 0 bridgehead atoms. The molecule has 1 saturated heterocycles. The second-order valence-electron chi connectivity index (χ2n) is 5.19. The quantitative estimate of drug-likeness (QED) is 0.760. The average Bonchev–Trinajstić information content (AvgIpc) is 2.05. The molecule has 0 aromatic carbocycles. The maximum atomic E-state index is 11.4. The summed E-state index contributed by atoms with van der Waals surface area (Å²) in [5, 5.41) is 11.4. The van der Waals surface area contributed by atoms with Gasteiger partial charge in [-0.05, 0) is 40.3 Å². The number of carboxylic acid groups (broad SMARTS) is 1. The number of rotatable bonds is 4. The molecule has 1 heterocycles. The molecule has 1 atom stereocenters. The van der Waals surface area contributed by atoms with Gasteiger partial charge >= 0.3 is 12.1 Å². The van der Waals surface area contributed by atoms with Crippen LogP contribution in [0.3, 0.4) is 0 Å². The van der Waals surface area contributed by atoms with Gasteiger partial charge in [-0.15, -0.1) is 0 Å². The number of nitrogens with one attached hydrogen (secondary N) is 1. The van der Waals surface area contributed by atoms with Crippen LogP contribution in [0.1, 0.15) is 27.2 Å². The van der Waals surface area contributed by atoms with Gasteiger partial charge in [0.1, 0.15) is 11.6 Å². The molecule has 6 nitrogen and oxygen atoms in total. The van der Waals surface area contributed by atoms with E-state index in [4.69, 9.17) is 9.84 Å². The van der Waals surface area contributed by atoms with Gasteiger partial charge in [-0.3, -0.25) is 0 Å². The third kappa shape index (κ3) is 5.04. The first-order valence-corrected chi connectivity index (χ1v) is 5.72. The number of aliphatic carboxylic acids is 1. The van der Waals surface area contributed by atoms with Crippen molar-refractivity contribution in [2.75, 3.05) is 19.6 Å². The minimum atomic E-state index is -1.04. The minimum absolute atomic E-state index is 0.328. The zero-order chi connectivity index (χ0) is 13.1. The van der Waals surface area contributed by atoms with Gasteiger partial charge in [0.05, 0.1) is 0 Å². The summed E-state index contributed by atoms with van der Waals surface area (Å²) >= 11 is 0. The predicted octanol–water partition coefficient (Wildman–Crippen LogP) is 0.670. The zero-order valence-electron chi connectivity index (χ0n) is 10.5. The monoisotopic (exact) mass is 244 g/mol. The van der Waals surface area contributed by atoms with Gasteiger partial charge in [-0.1, -0.05) is 0 Å². The van der Waals surface area contributed by atoms with Crippen molar-refractivity contribution in [1.82, 2.24) is 10.2 Å². The van der Waals surface area contributed by atoms with E-state index in [2.05, 4.69) is 5.32 Å². The molecule has 0 aromatic heterocycles. The molecule has 0 aromatic rings. The molecule has 1 fully saturated rings. The molecule has 6 heteroatoms. The summed E-state index contributed by atoms with van der Waals surface area (Å²) in [7, 11) is 0. The lowest BCUT2D eigenvalue weighted by atomic mass is 10.2. The molecule has 98 valence electrons. The summed E-state index contributed by atoms with van der Waals surface area (Å²) in [6.07, 6.45) is 0.393. The number of alkyl carbamates (subject to hydrolysis) is 1. The Balaban J connectivity index is 2.42. The highest BCUT2D eigenvalue weighted by Gasteiger charge is 2.27. The molecule has 1 aliphatic rings. The topological polar surface area (TPSA) is 78.9 Å². The van der Waals surface area contributed by atoms with E-state index in [1.54, 1.807) is 20.8 Å². The maximum absolute atomic E-state index is 11.4. The van der Waals surface area contributed by atoms with E-state index < -0.39 is 23.7 Å². The largest absolute Gasteiger partial charge is 0.480 e. The van der Waals surface area contributed by atoms with Gasteiger partial charge in [0.25, 0.3) is 0 Å². The summed E-state index contributed by atoms with van der Waals surface area (Å²) in [6, 6.07) is -0.912. The fourth-order valence-electron chi connectivity index (χ4n) is 1.46. The Bertz CT molecular complexity index is 294. The molecule has 17 heavy (non-hydrogen) atoms. The number of ether oxygens (including phenoxy) is 1. The van der Waals surface area contributed by atoms with Crippen molar-refractivity contribution in [2.24, 2.45) is 0 Å². The molecule has 0 saturated carbocycles. The lowest BCUT2D eigenvalue weighted by Crippen LogP contribution is -2.52. The van der Waals surface area contributed by atoms with Crippen LogP contribution in [0.25, 0.3) is 0 Å². The Morgan fingerprint density at radius 1 is 1.41 bits per heavy atom. The van der Waals surface area contributed by atoms with E-state index in [9.17, 15) is 9.59 Å². The standard InChI is InChI=1S/C11H20N2O4/c1-11(2,3)17-10(16)12-8(9(14)15)7-13-5-4-6-13/h8H,4-7H2,1-3H3,(H,12,16)(H,14,15). The number of carboxylic acids is 1. The molecule has 1 rings (SSSR count). The van der Waals surface area contributed by atoms with Crippen LogP contribution in [-0.2, 0) is 9.53 Å². The smallest absolute Gasteiger partial charge is 0.408 e. The van der Waals surface area contributed by atoms with E-state index >= 15 is 0 Å². The maximum Gasteiger partial charge on any atom is 0.408 e. The van der Waals surface area contributed by atoms with E-state index in [0.29, 0.717) is 6.54 Å². The van der Waals surface area contributed by atoms with Crippen molar-refractivity contribution >= 4 is 12.1 Å². The molecule has 1 aliphatic heterocycles. The van der Waals surface area contributed by atoms with Gasteiger partial charge in [-0.2, -0.15) is 0 Å². The van der Waals surface area contributed by atoms with Crippen molar-refractivity contribution in [1.29, 1.82) is 0 Å².